The molecular weight excluding hydrogens is 732 g/mol. The highest BCUT2D eigenvalue weighted by Gasteiger charge is 2.26. The van der Waals surface area contributed by atoms with E-state index in [0.717, 1.165) is 60.3 Å². The average Bonchev–Trinajstić information content (AvgIpc) is 3.01. The van der Waals surface area contributed by atoms with Gasteiger partial charge in [-0.25, -0.2) is 9.59 Å². The maximum absolute atomic E-state index is 12.1. The molecule has 2 aliphatic heterocycles. The van der Waals surface area contributed by atoms with Crippen LogP contribution in [-0.4, -0.2) is 96.7 Å². The van der Waals surface area contributed by atoms with Crippen molar-refractivity contribution >= 4 is 50.3 Å². The van der Waals surface area contributed by atoms with Crippen molar-refractivity contribution in [2.45, 2.75) is 59.3 Å². The zero-order chi connectivity index (χ0) is 35.2. The Balaban J connectivity index is 0.000000270. The number of piperazine rings is 2. The lowest BCUT2D eigenvalue weighted by atomic mass is 10.1. The summed E-state index contributed by atoms with van der Waals surface area (Å²) in [4.78, 5) is 39.6. The Hall–Kier alpha value is -3.49. The number of amides is 2. The van der Waals surface area contributed by atoms with E-state index in [2.05, 4.69) is 48.1 Å². The molecule has 0 bridgehead atoms. The molecule has 2 amide bonds. The van der Waals surface area contributed by atoms with Crippen LogP contribution in [0.15, 0.2) is 45.3 Å². The van der Waals surface area contributed by atoms with E-state index in [0.29, 0.717) is 36.1 Å². The largest absolute Gasteiger partial charge is 0.444 e. The van der Waals surface area contributed by atoms with Crippen molar-refractivity contribution in [2.24, 2.45) is 0 Å². The van der Waals surface area contributed by atoms with Crippen LogP contribution in [0, 0.1) is 22.7 Å². The van der Waals surface area contributed by atoms with Crippen molar-refractivity contribution in [3.8, 4) is 12.1 Å². The Kier molecular flexibility index (Phi) is 15.8. The minimum atomic E-state index is -0.465. The predicted molar refractivity (Wildman–Crippen MR) is 187 cm³/mol. The van der Waals surface area contributed by atoms with E-state index in [1.807, 2.05) is 65.8 Å². The van der Waals surface area contributed by atoms with Crippen molar-refractivity contribution in [1.82, 2.24) is 20.0 Å². The molecule has 47 heavy (non-hydrogen) atoms. The number of halogens is 2. The van der Waals surface area contributed by atoms with Crippen LogP contribution in [0.25, 0.3) is 0 Å². The lowest BCUT2D eigenvalue weighted by Crippen LogP contribution is -2.49. The summed E-state index contributed by atoms with van der Waals surface area (Å²) in [6, 6.07) is 14.9. The number of nitriles is 2. The van der Waals surface area contributed by atoms with Crippen molar-refractivity contribution in [1.29, 1.82) is 10.5 Å². The molecule has 0 unspecified atom stereocenters. The second-order valence-electron chi connectivity index (χ2n) is 12.8. The van der Waals surface area contributed by atoms with Gasteiger partial charge >= 0.3 is 12.2 Å². The molecule has 2 aromatic carbocycles. The Bertz CT molecular complexity index is 1440. The summed E-state index contributed by atoms with van der Waals surface area (Å²) in [5, 5.41) is 21.0. The number of carbonyl (C=O) groups is 3. The first-order valence-corrected chi connectivity index (χ1v) is 16.9. The third kappa shape index (κ3) is 14.9. The van der Waals surface area contributed by atoms with Crippen molar-refractivity contribution in [2.75, 3.05) is 52.4 Å². The number of nitrogens with one attached hydrogen (secondary N) is 1. The third-order valence-corrected chi connectivity index (χ3v) is 7.63. The molecule has 0 aromatic heterocycles. The lowest BCUT2D eigenvalue weighted by Gasteiger charge is -2.35. The SMILES string of the molecule is CC(C)(C)OC(=O)N1CCN(Cc2ccc(Br)cc2C#N)CC1.CC(C)(C)OC(=O)N1CCNCC1.N#Cc1cc(Br)ccc1C=O. The van der Waals surface area contributed by atoms with E-state index in [-0.39, 0.29) is 17.8 Å². The molecule has 0 atom stereocenters. The third-order valence-electron chi connectivity index (χ3n) is 6.64. The van der Waals surface area contributed by atoms with E-state index in [4.69, 9.17) is 14.7 Å². The molecule has 1 N–H and O–H groups in total. The van der Waals surface area contributed by atoms with E-state index in [9.17, 15) is 19.6 Å². The van der Waals surface area contributed by atoms with Gasteiger partial charge in [-0.2, -0.15) is 10.5 Å². The fraction of sp³-hybridized carbons (Fsp3) is 0.500. The van der Waals surface area contributed by atoms with Crippen LogP contribution >= 0.6 is 31.9 Å². The number of aldehydes is 1. The standard InChI is InChI=1S/C17H22BrN3O2.C9H18N2O2.C8H4BrNO/c1-17(2,3)23-16(22)21-8-6-20(7-9-21)12-13-4-5-15(18)10-14(13)11-19;1-9(2,3)13-8(12)11-6-4-10-5-7-11;9-8-2-1-6(5-11)7(3-8)4-10/h4-5,10H,6-9,12H2,1-3H3;10H,4-7H2,1-3H3;1-3,5H. The Morgan fingerprint density at radius 1 is 0.787 bits per heavy atom. The Morgan fingerprint density at radius 3 is 1.72 bits per heavy atom. The second-order valence-corrected chi connectivity index (χ2v) is 14.7. The Labute approximate surface area is 295 Å². The quantitative estimate of drug-likeness (QED) is 0.355. The van der Waals surface area contributed by atoms with Crippen LogP contribution in [0.4, 0.5) is 9.59 Å². The molecule has 0 aliphatic carbocycles. The van der Waals surface area contributed by atoms with Gasteiger partial charge in [0.15, 0.2) is 6.29 Å². The van der Waals surface area contributed by atoms with Crippen molar-refractivity contribution in [3.63, 3.8) is 0 Å². The molecule has 0 radical (unpaired) electrons. The zero-order valence-corrected chi connectivity index (χ0v) is 31.1. The van der Waals surface area contributed by atoms with Crippen LogP contribution in [-0.2, 0) is 16.0 Å². The fourth-order valence-corrected chi connectivity index (χ4v) is 5.07. The molecule has 11 nitrogen and oxygen atoms in total. The van der Waals surface area contributed by atoms with Gasteiger partial charge in [0.1, 0.15) is 11.2 Å². The lowest BCUT2D eigenvalue weighted by molar-refractivity contribution is 0.0138. The number of nitrogens with zero attached hydrogens (tertiary/aromatic N) is 5. The summed E-state index contributed by atoms with van der Waals surface area (Å²) in [7, 11) is 0. The molecule has 2 fully saturated rings. The molecule has 2 saturated heterocycles. The smallest absolute Gasteiger partial charge is 0.410 e. The molecule has 2 heterocycles. The summed E-state index contributed by atoms with van der Waals surface area (Å²) in [6.07, 6.45) is 0.220. The van der Waals surface area contributed by atoms with E-state index < -0.39 is 5.60 Å². The van der Waals surface area contributed by atoms with Gasteiger partial charge in [0.05, 0.1) is 23.3 Å². The number of rotatable bonds is 3. The van der Waals surface area contributed by atoms with Crippen LogP contribution in [0.2, 0.25) is 0 Å². The topological polar surface area (TPSA) is 139 Å². The second kappa shape index (κ2) is 18.7. The number of benzene rings is 2. The summed E-state index contributed by atoms with van der Waals surface area (Å²) in [5.41, 5.74) is 1.68. The Morgan fingerprint density at radius 2 is 1.26 bits per heavy atom. The molecular formula is C34H44Br2N6O5. The normalized spacial score (nSPS) is 15.0. The minimum absolute atomic E-state index is 0.200. The van der Waals surface area contributed by atoms with Crippen LogP contribution in [0.1, 0.15) is 68.6 Å². The monoisotopic (exact) mass is 774 g/mol. The summed E-state index contributed by atoms with van der Waals surface area (Å²) >= 11 is 6.59. The number of hydrogen-bond donors (Lipinski definition) is 1. The maximum atomic E-state index is 12.1. The molecule has 0 spiro atoms. The van der Waals surface area contributed by atoms with Crippen LogP contribution in [0.5, 0.6) is 0 Å². The molecule has 4 rings (SSSR count). The predicted octanol–water partition coefficient (Wildman–Crippen LogP) is 6.33. The van der Waals surface area contributed by atoms with Gasteiger partial charge < -0.3 is 24.6 Å². The number of ether oxygens (including phenoxy) is 2. The molecule has 254 valence electrons. The van der Waals surface area contributed by atoms with E-state index >= 15 is 0 Å². The van der Waals surface area contributed by atoms with Gasteiger partial charge in [-0.1, -0.05) is 37.9 Å². The van der Waals surface area contributed by atoms with Crippen molar-refractivity contribution < 1.29 is 23.9 Å². The minimum Gasteiger partial charge on any atom is -0.444 e. The fourth-order valence-electron chi connectivity index (χ4n) is 4.35. The van der Waals surface area contributed by atoms with E-state index in [1.54, 1.807) is 28.0 Å². The van der Waals surface area contributed by atoms with Crippen LogP contribution < -0.4 is 5.32 Å². The highest BCUT2D eigenvalue weighted by molar-refractivity contribution is 9.10. The first kappa shape index (κ1) is 39.7. The average molecular weight is 777 g/mol. The first-order valence-electron chi connectivity index (χ1n) is 15.3. The van der Waals surface area contributed by atoms with Gasteiger partial charge in [-0.3, -0.25) is 9.69 Å². The summed E-state index contributed by atoms with van der Waals surface area (Å²) < 4.78 is 12.4. The van der Waals surface area contributed by atoms with Gasteiger partial charge in [-0.15, -0.1) is 0 Å². The van der Waals surface area contributed by atoms with Gasteiger partial charge in [0.25, 0.3) is 0 Å². The van der Waals surface area contributed by atoms with Crippen LogP contribution in [0.3, 0.4) is 0 Å². The number of carbonyl (C=O) groups excluding carboxylic acids is 3. The molecule has 0 saturated carbocycles. The molecule has 13 heteroatoms. The summed E-state index contributed by atoms with van der Waals surface area (Å²) in [5.74, 6) is 0. The summed E-state index contributed by atoms with van der Waals surface area (Å²) in [6.45, 7) is 18.0. The molecule has 2 aromatic rings. The highest BCUT2D eigenvalue weighted by Crippen LogP contribution is 2.19. The number of hydrogen-bond acceptors (Lipinski definition) is 9. The highest BCUT2D eigenvalue weighted by atomic mass is 79.9. The zero-order valence-electron chi connectivity index (χ0n) is 27.9. The van der Waals surface area contributed by atoms with Crippen molar-refractivity contribution in [3.05, 3.63) is 67.6 Å². The van der Waals surface area contributed by atoms with Gasteiger partial charge in [0.2, 0.25) is 0 Å². The molecule has 2 aliphatic rings. The first-order chi connectivity index (χ1) is 22.0. The maximum Gasteiger partial charge on any atom is 0.410 e. The van der Waals surface area contributed by atoms with Gasteiger partial charge in [-0.05, 0) is 77.4 Å². The van der Waals surface area contributed by atoms with E-state index in [1.165, 1.54) is 0 Å². The van der Waals surface area contributed by atoms with Gasteiger partial charge in [0, 0.05) is 73.4 Å².